The number of piperidine rings is 1. The van der Waals surface area contributed by atoms with Crippen molar-refractivity contribution in [3.8, 4) is 0 Å². The van der Waals surface area contributed by atoms with Crippen molar-refractivity contribution in [2.75, 3.05) is 26.2 Å². The highest BCUT2D eigenvalue weighted by molar-refractivity contribution is 5.99. The summed E-state index contributed by atoms with van der Waals surface area (Å²) in [5, 5.41) is 7.35. The van der Waals surface area contributed by atoms with Crippen molar-refractivity contribution in [2.24, 2.45) is 13.0 Å². The van der Waals surface area contributed by atoms with Crippen LogP contribution in [0.3, 0.4) is 0 Å². The van der Waals surface area contributed by atoms with Gasteiger partial charge >= 0.3 is 0 Å². The molecule has 27 heavy (non-hydrogen) atoms. The summed E-state index contributed by atoms with van der Waals surface area (Å²) >= 11 is 0. The van der Waals surface area contributed by atoms with Gasteiger partial charge in [-0.25, -0.2) is 4.52 Å². The molecule has 2 aromatic heterocycles. The normalized spacial score (nSPS) is 16.0. The van der Waals surface area contributed by atoms with Gasteiger partial charge in [0.2, 0.25) is 0 Å². The largest absolute Gasteiger partial charge is 0.352 e. The molecular formula is C21H27N5O. The molecule has 3 heterocycles. The predicted octanol–water partition coefficient (Wildman–Crippen LogP) is 2.36. The molecule has 1 aliphatic heterocycles. The minimum atomic E-state index is -0.0293. The lowest BCUT2D eigenvalue weighted by atomic mass is 9.96. The Labute approximate surface area is 159 Å². The Morgan fingerprint density at radius 1 is 1.19 bits per heavy atom. The van der Waals surface area contributed by atoms with Gasteiger partial charge < -0.3 is 14.8 Å². The van der Waals surface area contributed by atoms with Crippen LogP contribution in [-0.4, -0.2) is 51.2 Å². The van der Waals surface area contributed by atoms with Gasteiger partial charge in [0.1, 0.15) is 11.2 Å². The third-order valence-corrected chi connectivity index (χ3v) is 5.60. The van der Waals surface area contributed by atoms with Crippen LogP contribution in [0.15, 0.2) is 48.9 Å². The first kappa shape index (κ1) is 17.8. The summed E-state index contributed by atoms with van der Waals surface area (Å²) in [6.07, 6.45) is 8.81. The van der Waals surface area contributed by atoms with Crippen molar-refractivity contribution in [2.45, 2.75) is 19.3 Å². The molecule has 0 radical (unpaired) electrons. The number of hydrogen-bond donors (Lipinski definition) is 1. The molecule has 0 spiro atoms. The van der Waals surface area contributed by atoms with Crippen LogP contribution in [0, 0.1) is 5.92 Å². The summed E-state index contributed by atoms with van der Waals surface area (Å²) < 4.78 is 3.66. The summed E-state index contributed by atoms with van der Waals surface area (Å²) in [7, 11) is 1.93. The van der Waals surface area contributed by atoms with E-state index in [1.807, 2.05) is 24.0 Å². The maximum atomic E-state index is 12.5. The lowest BCUT2D eigenvalue weighted by Crippen LogP contribution is -2.39. The molecule has 1 N–H and O–H groups in total. The average molecular weight is 365 g/mol. The van der Waals surface area contributed by atoms with Crippen molar-refractivity contribution in [1.29, 1.82) is 0 Å². The first-order valence-electron chi connectivity index (χ1n) is 9.74. The number of hydrogen-bond acceptors (Lipinski definition) is 3. The van der Waals surface area contributed by atoms with Crippen LogP contribution in [0.5, 0.6) is 0 Å². The summed E-state index contributed by atoms with van der Waals surface area (Å²) in [5.74, 6) is 0.528. The quantitative estimate of drug-likeness (QED) is 0.730. The van der Waals surface area contributed by atoms with Crippen LogP contribution >= 0.6 is 0 Å². The molecule has 6 nitrogen and oxygen atoms in total. The molecule has 0 atom stereocenters. The molecule has 3 aromatic rings. The van der Waals surface area contributed by atoms with E-state index in [-0.39, 0.29) is 5.91 Å². The smallest absolute Gasteiger partial charge is 0.256 e. The number of imidazole rings is 1. The molecule has 0 bridgehead atoms. The number of carbonyl (C=O) groups is 1. The zero-order chi connectivity index (χ0) is 18.6. The molecule has 142 valence electrons. The summed E-state index contributed by atoms with van der Waals surface area (Å²) in [4.78, 5) is 15.1. The summed E-state index contributed by atoms with van der Waals surface area (Å²) in [6.45, 7) is 4.09. The van der Waals surface area contributed by atoms with E-state index in [1.54, 1.807) is 10.7 Å². The van der Waals surface area contributed by atoms with Gasteiger partial charge in [-0.2, -0.15) is 5.10 Å². The zero-order valence-electron chi connectivity index (χ0n) is 15.8. The number of likely N-dealkylation sites (tertiary alicyclic amines) is 1. The van der Waals surface area contributed by atoms with Crippen molar-refractivity contribution < 1.29 is 4.79 Å². The van der Waals surface area contributed by atoms with Gasteiger partial charge in [-0.3, -0.25) is 4.79 Å². The summed E-state index contributed by atoms with van der Waals surface area (Å²) in [5.41, 5.74) is 2.88. The number of benzene rings is 1. The number of nitrogens with zero attached hydrogens (tertiary/aromatic N) is 4. The Bertz CT molecular complexity index is 890. The highest BCUT2D eigenvalue weighted by atomic mass is 16.1. The van der Waals surface area contributed by atoms with Crippen LogP contribution in [-0.2, 0) is 13.5 Å². The van der Waals surface area contributed by atoms with Crippen LogP contribution in [0.4, 0.5) is 0 Å². The fourth-order valence-corrected chi connectivity index (χ4v) is 3.89. The number of fused-ring (bicyclic) bond motifs is 1. The fourth-order valence-electron chi connectivity index (χ4n) is 3.89. The minimum absolute atomic E-state index is 0.0293. The molecule has 1 aromatic carbocycles. The Morgan fingerprint density at radius 2 is 1.96 bits per heavy atom. The molecule has 0 aliphatic carbocycles. The molecule has 6 heteroatoms. The maximum Gasteiger partial charge on any atom is 0.256 e. The molecule has 1 fully saturated rings. The van der Waals surface area contributed by atoms with Gasteiger partial charge in [-0.1, -0.05) is 30.3 Å². The predicted molar refractivity (Wildman–Crippen MR) is 106 cm³/mol. The number of rotatable bonds is 6. The van der Waals surface area contributed by atoms with Gasteiger partial charge in [0.15, 0.2) is 0 Å². The summed E-state index contributed by atoms with van der Waals surface area (Å²) in [6, 6.07) is 10.7. The van der Waals surface area contributed by atoms with E-state index in [4.69, 9.17) is 0 Å². The molecule has 1 saturated heterocycles. The van der Waals surface area contributed by atoms with E-state index in [0.29, 0.717) is 11.5 Å². The maximum absolute atomic E-state index is 12.5. The zero-order valence-corrected chi connectivity index (χ0v) is 15.8. The van der Waals surface area contributed by atoms with Crippen LogP contribution in [0.25, 0.3) is 5.65 Å². The minimum Gasteiger partial charge on any atom is -0.352 e. The Kier molecular flexibility index (Phi) is 5.25. The van der Waals surface area contributed by atoms with Crippen molar-refractivity contribution in [1.82, 2.24) is 24.4 Å². The Balaban J connectivity index is 1.22. The topological polar surface area (TPSA) is 54.6 Å². The highest BCUT2D eigenvalue weighted by Gasteiger charge is 2.21. The number of carbonyl (C=O) groups excluding carboxylic acids is 1. The average Bonchev–Trinajstić information content (AvgIpc) is 3.29. The number of nitrogens with one attached hydrogen (secondary N) is 1. The molecule has 4 rings (SSSR count). The molecule has 1 aliphatic rings. The highest BCUT2D eigenvalue weighted by Crippen LogP contribution is 2.17. The van der Waals surface area contributed by atoms with Crippen molar-refractivity contribution in [3.63, 3.8) is 0 Å². The number of aryl methyl sites for hydroxylation is 1. The van der Waals surface area contributed by atoms with Gasteiger partial charge in [0.05, 0.1) is 6.20 Å². The Hall–Kier alpha value is -2.60. The van der Waals surface area contributed by atoms with Crippen LogP contribution < -0.4 is 5.32 Å². The van der Waals surface area contributed by atoms with Gasteiger partial charge in [-0.05, 0) is 43.8 Å². The lowest BCUT2D eigenvalue weighted by molar-refractivity contribution is 0.0937. The standard InChI is InChI=1S/C21H27N5O/c1-24-13-14-26-21(24)19(16-23-26)20(27)22-15-18-8-11-25(12-9-18)10-7-17-5-3-2-4-6-17/h2-6,13-14,16,18H,7-12,15H2,1H3,(H,22,27). The molecule has 0 unspecified atom stereocenters. The van der Waals surface area contributed by atoms with E-state index in [0.717, 1.165) is 51.1 Å². The Morgan fingerprint density at radius 3 is 2.74 bits per heavy atom. The second-order valence-electron chi connectivity index (χ2n) is 7.47. The fraction of sp³-hybridized carbons (Fsp3) is 0.429. The number of aromatic nitrogens is 3. The first-order chi connectivity index (χ1) is 13.2. The third kappa shape index (κ3) is 4.06. The van der Waals surface area contributed by atoms with Crippen LogP contribution in [0.2, 0.25) is 0 Å². The van der Waals surface area contributed by atoms with Gasteiger partial charge in [-0.15, -0.1) is 0 Å². The molecule has 1 amide bonds. The molecular weight excluding hydrogens is 338 g/mol. The second kappa shape index (κ2) is 7.96. The lowest BCUT2D eigenvalue weighted by Gasteiger charge is -2.32. The third-order valence-electron chi connectivity index (χ3n) is 5.60. The SMILES string of the molecule is Cn1ccn2ncc(C(=O)NCC3CCN(CCc4ccccc4)CC3)c12. The van der Waals surface area contributed by atoms with E-state index < -0.39 is 0 Å². The van der Waals surface area contributed by atoms with E-state index >= 15 is 0 Å². The van der Waals surface area contributed by atoms with Crippen molar-refractivity contribution >= 4 is 11.6 Å². The first-order valence-corrected chi connectivity index (χ1v) is 9.74. The van der Waals surface area contributed by atoms with E-state index in [1.165, 1.54) is 5.56 Å². The second-order valence-corrected chi connectivity index (χ2v) is 7.47. The van der Waals surface area contributed by atoms with Crippen LogP contribution in [0.1, 0.15) is 28.8 Å². The van der Waals surface area contributed by atoms with Gasteiger partial charge in [0.25, 0.3) is 5.91 Å². The molecule has 0 saturated carbocycles. The monoisotopic (exact) mass is 365 g/mol. The van der Waals surface area contributed by atoms with E-state index in [2.05, 4.69) is 45.6 Å². The van der Waals surface area contributed by atoms with E-state index in [9.17, 15) is 4.79 Å². The number of amides is 1. The van der Waals surface area contributed by atoms with Crippen molar-refractivity contribution in [3.05, 3.63) is 60.0 Å². The van der Waals surface area contributed by atoms with Gasteiger partial charge in [0, 0.05) is 32.5 Å².